The summed E-state index contributed by atoms with van der Waals surface area (Å²) in [6, 6.07) is 14.5. The van der Waals surface area contributed by atoms with E-state index in [1.807, 2.05) is 25.1 Å². The minimum absolute atomic E-state index is 0.614. The molecule has 0 atom stereocenters. The second-order valence-electron chi connectivity index (χ2n) is 6.90. The SMILES string of the molecule is Cc1nc(NCc2cccc(Cl)c2)c2cc(C3CCNCC3)ccc2n1. The topological polar surface area (TPSA) is 49.8 Å². The molecule has 0 saturated carbocycles. The van der Waals surface area contributed by atoms with E-state index in [1.165, 1.54) is 18.4 Å². The zero-order valence-electron chi connectivity index (χ0n) is 14.9. The van der Waals surface area contributed by atoms with Crippen molar-refractivity contribution in [2.75, 3.05) is 18.4 Å². The molecule has 26 heavy (non-hydrogen) atoms. The summed E-state index contributed by atoms with van der Waals surface area (Å²) in [6.45, 7) is 4.80. The van der Waals surface area contributed by atoms with Gasteiger partial charge in [0.1, 0.15) is 11.6 Å². The quantitative estimate of drug-likeness (QED) is 0.704. The Morgan fingerprint density at radius 1 is 1.12 bits per heavy atom. The summed E-state index contributed by atoms with van der Waals surface area (Å²) in [4.78, 5) is 9.26. The van der Waals surface area contributed by atoms with Crippen LogP contribution in [0.3, 0.4) is 0 Å². The molecule has 2 aromatic carbocycles. The average Bonchev–Trinajstić information content (AvgIpc) is 2.66. The van der Waals surface area contributed by atoms with Crippen LogP contribution in [-0.2, 0) is 6.54 Å². The number of aryl methyl sites for hydroxylation is 1. The van der Waals surface area contributed by atoms with Crippen LogP contribution in [0.5, 0.6) is 0 Å². The molecular formula is C21H23ClN4. The van der Waals surface area contributed by atoms with Gasteiger partial charge >= 0.3 is 0 Å². The highest BCUT2D eigenvalue weighted by Crippen LogP contribution is 2.30. The molecule has 0 unspecified atom stereocenters. The van der Waals surface area contributed by atoms with Crippen LogP contribution in [0.25, 0.3) is 10.9 Å². The fourth-order valence-corrected chi connectivity index (χ4v) is 3.85. The van der Waals surface area contributed by atoms with E-state index in [0.29, 0.717) is 12.5 Å². The van der Waals surface area contributed by atoms with Crippen LogP contribution in [0.15, 0.2) is 42.5 Å². The van der Waals surface area contributed by atoms with Gasteiger partial charge < -0.3 is 10.6 Å². The van der Waals surface area contributed by atoms with Crippen molar-refractivity contribution < 1.29 is 0 Å². The van der Waals surface area contributed by atoms with Gasteiger partial charge in [-0.3, -0.25) is 0 Å². The van der Waals surface area contributed by atoms with E-state index in [2.05, 4.69) is 44.9 Å². The smallest absolute Gasteiger partial charge is 0.137 e. The number of piperidine rings is 1. The van der Waals surface area contributed by atoms with Gasteiger partial charge in [0.05, 0.1) is 5.52 Å². The molecule has 1 aliphatic heterocycles. The van der Waals surface area contributed by atoms with Gasteiger partial charge in [0.25, 0.3) is 0 Å². The molecule has 1 fully saturated rings. The van der Waals surface area contributed by atoms with E-state index in [0.717, 1.165) is 46.2 Å². The second kappa shape index (κ2) is 7.60. The Bertz CT molecular complexity index is 919. The van der Waals surface area contributed by atoms with Crippen molar-refractivity contribution in [3.05, 3.63) is 64.4 Å². The third kappa shape index (κ3) is 3.81. The molecule has 0 bridgehead atoms. The molecule has 1 aromatic heterocycles. The Morgan fingerprint density at radius 3 is 2.77 bits per heavy atom. The molecule has 1 aliphatic rings. The third-order valence-electron chi connectivity index (χ3n) is 4.99. The molecule has 2 heterocycles. The number of anilines is 1. The average molecular weight is 367 g/mol. The third-order valence-corrected chi connectivity index (χ3v) is 5.23. The Morgan fingerprint density at radius 2 is 1.96 bits per heavy atom. The van der Waals surface area contributed by atoms with E-state index >= 15 is 0 Å². The van der Waals surface area contributed by atoms with Crippen LogP contribution < -0.4 is 10.6 Å². The molecule has 0 aliphatic carbocycles. The van der Waals surface area contributed by atoms with Crippen LogP contribution in [0.1, 0.15) is 35.7 Å². The molecule has 2 N–H and O–H groups in total. The molecule has 4 nitrogen and oxygen atoms in total. The van der Waals surface area contributed by atoms with Crippen molar-refractivity contribution >= 4 is 28.3 Å². The number of halogens is 1. The maximum Gasteiger partial charge on any atom is 0.137 e. The Hall–Kier alpha value is -2.17. The molecule has 134 valence electrons. The highest BCUT2D eigenvalue weighted by atomic mass is 35.5. The molecule has 4 rings (SSSR count). The van der Waals surface area contributed by atoms with E-state index < -0.39 is 0 Å². The lowest BCUT2D eigenvalue weighted by Gasteiger charge is -2.23. The lowest BCUT2D eigenvalue weighted by molar-refractivity contribution is 0.460. The number of hydrogen-bond acceptors (Lipinski definition) is 4. The lowest BCUT2D eigenvalue weighted by Crippen LogP contribution is -2.26. The normalized spacial score (nSPS) is 15.3. The number of benzene rings is 2. The van der Waals surface area contributed by atoms with Gasteiger partial charge in [-0.2, -0.15) is 0 Å². The molecule has 0 radical (unpaired) electrons. The highest BCUT2D eigenvalue weighted by molar-refractivity contribution is 6.30. The van der Waals surface area contributed by atoms with Gasteiger partial charge in [-0.1, -0.05) is 29.8 Å². The number of aromatic nitrogens is 2. The van der Waals surface area contributed by atoms with Crippen molar-refractivity contribution in [1.82, 2.24) is 15.3 Å². The first kappa shape index (κ1) is 17.3. The number of nitrogens with zero attached hydrogens (tertiary/aromatic N) is 2. The summed E-state index contributed by atoms with van der Waals surface area (Å²) < 4.78 is 0. The zero-order valence-corrected chi connectivity index (χ0v) is 15.7. The highest BCUT2D eigenvalue weighted by Gasteiger charge is 2.16. The second-order valence-corrected chi connectivity index (χ2v) is 7.34. The first-order chi connectivity index (χ1) is 12.7. The Kier molecular flexibility index (Phi) is 5.05. The predicted octanol–water partition coefficient (Wildman–Crippen LogP) is 4.67. The monoisotopic (exact) mass is 366 g/mol. The standard InChI is InChI=1S/C21H23ClN4/c1-14-25-20-6-5-17(16-7-9-23-10-8-16)12-19(20)21(26-14)24-13-15-3-2-4-18(22)11-15/h2-6,11-12,16,23H,7-10,13H2,1H3,(H,24,25,26). The van der Waals surface area contributed by atoms with Gasteiger partial charge in [-0.25, -0.2) is 9.97 Å². The molecule has 5 heteroatoms. The minimum atomic E-state index is 0.614. The summed E-state index contributed by atoms with van der Waals surface area (Å²) in [7, 11) is 0. The zero-order chi connectivity index (χ0) is 17.9. The molecule has 1 saturated heterocycles. The summed E-state index contributed by atoms with van der Waals surface area (Å²) in [6.07, 6.45) is 2.37. The van der Waals surface area contributed by atoms with Crippen LogP contribution in [0, 0.1) is 6.92 Å². The van der Waals surface area contributed by atoms with Crippen molar-refractivity contribution in [2.45, 2.75) is 32.2 Å². The molecular weight excluding hydrogens is 344 g/mol. The maximum atomic E-state index is 6.10. The van der Waals surface area contributed by atoms with Crippen molar-refractivity contribution in [1.29, 1.82) is 0 Å². The van der Waals surface area contributed by atoms with Crippen molar-refractivity contribution in [2.24, 2.45) is 0 Å². The summed E-state index contributed by atoms with van der Waals surface area (Å²) in [5, 5.41) is 8.76. The number of nitrogens with one attached hydrogen (secondary N) is 2. The molecule has 0 spiro atoms. The molecule has 3 aromatic rings. The molecule has 0 amide bonds. The summed E-state index contributed by atoms with van der Waals surface area (Å²) >= 11 is 6.10. The summed E-state index contributed by atoms with van der Waals surface area (Å²) in [5.41, 5.74) is 3.51. The van der Waals surface area contributed by atoms with Gasteiger partial charge in [0, 0.05) is 17.0 Å². The largest absolute Gasteiger partial charge is 0.365 e. The van der Waals surface area contributed by atoms with Crippen LogP contribution in [0.4, 0.5) is 5.82 Å². The fourth-order valence-electron chi connectivity index (χ4n) is 3.64. The minimum Gasteiger partial charge on any atom is -0.365 e. The maximum absolute atomic E-state index is 6.10. The van der Waals surface area contributed by atoms with E-state index in [9.17, 15) is 0 Å². The van der Waals surface area contributed by atoms with Gasteiger partial charge in [-0.05, 0) is 74.2 Å². The van der Waals surface area contributed by atoms with Crippen molar-refractivity contribution in [3.8, 4) is 0 Å². The van der Waals surface area contributed by atoms with Gasteiger partial charge in [0.2, 0.25) is 0 Å². The first-order valence-electron chi connectivity index (χ1n) is 9.16. The number of fused-ring (bicyclic) bond motifs is 1. The number of rotatable bonds is 4. The van der Waals surface area contributed by atoms with Crippen LogP contribution in [-0.4, -0.2) is 23.1 Å². The fraction of sp³-hybridized carbons (Fsp3) is 0.333. The number of hydrogen-bond donors (Lipinski definition) is 2. The van der Waals surface area contributed by atoms with Crippen molar-refractivity contribution in [3.63, 3.8) is 0 Å². The predicted molar refractivity (Wildman–Crippen MR) is 108 cm³/mol. The van der Waals surface area contributed by atoms with Crippen LogP contribution in [0.2, 0.25) is 5.02 Å². The van der Waals surface area contributed by atoms with E-state index in [1.54, 1.807) is 0 Å². The Balaban J connectivity index is 1.65. The Labute approximate surface area is 159 Å². The summed E-state index contributed by atoms with van der Waals surface area (Å²) in [5.74, 6) is 2.28. The van der Waals surface area contributed by atoms with Gasteiger partial charge in [0.15, 0.2) is 0 Å². The van der Waals surface area contributed by atoms with E-state index in [4.69, 9.17) is 11.6 Å². The van der Waals surface area contributed by atoms with E-state index in [-0.39, 0.29) is 0 Å². The van der Waals surface area contributed by atoms with Gasteiger partial charge in [-0.15, -0.1) is 0 Å². The first-order valence-corrected chi connectivity index (χ1v) is 9.54. The van der Waals surface area contributed by atoms with Crippen LogP contribution >= 0.6 is 11.6 Å². The lowest BCUT2D eigenvalue weighted by atomic mass is 9.89.